The molecule has 174 valence electrons. The van der Waals surface area contributed by atoms with Crippen LogP contribution in [0.3, 0.4) is 0 Å². The van der Waals surface area contributed by atoms with Crippen LogP contribution in [0.5, 0.6) is 5.75 Å². The number of halogens is 3. The van der Waals surface area contributed by atoms with Crippen LogP contribution in [0.1, 0.15) is 45.6 Å². The maximum Gasteiger partial charge on any atom is 0.242 e. The molecular weight excluding hydrogens is 471 g/mol. The van der Waals surface area contributed by atoms with E-state index in [4.69, 9.17) is 39.5 Å². The molecule has 0 unspecified atom stereocenters. The molecule has 2 aromatic rings. The van der Waals surface area contributed by atoms with Gasteiger partial charge in [0.05, 0.1) is 16.7 Å². The summed E-state index contributed by atoms with van der Waals surface area (Å²) in [5, 5.41) is 4.43. The van der Waals surface area contributed by atoms with Crippen LogP contribution in [0.2, 0.25) is 15.1 Å². The SMILES string of the molecule is CC[C@H](C)NC(=O)[C@H](C)N(Cc1ccc(Cl)c(Cl)c1)C(=O)CCCOc1ccc(Cl)cc1. The summed E-state index contributed by atoms with van der Waals surface area (Å²) < 4.78 is 5.67. The van der Waals surface area contributed by atoms with Crippen LogP contribution in [0.4, 0.5) is 0 Å². The van der Waals surface area contributed by atoms with Crippen molar-refractivity contribution in [3.63, 3.8) is 0 Å². The number of carbonyl (C=O) groups is 2. The van der Waals surface area contributed by atoms with Gasteiger partial charge in [-0.05, 0) is 68.7 Å². The first kappa shape index (κ1) is 26.3. The fourth-order valence-corrected chi connectivity index (χ4v) is 3.42. The van der Waals surface area contributed by atoms with Crippen LogP contribution in [-0.2, 0) is 16.1 Å². The standard InChI is InChI=1S/C24H29Cl3N2O3/c1-4-16(2)28-24(31)17(3)29(15-18-7-12-21(26)22(27)14-18)23(30)6-5-13-32-20-10-8-19(25)9-11-20/h7-12,14,16-17H,4-6,13,15H2,1-3H3,(H,28,31)/t16-,17-/m0/s1. The van der Waals surface area contributed by atoms with Crippen molar-refractivity contribution < 1.29 is 14.3 Å². The minimum atomic E-state index is -0.636. The molecular formula is C24H29Cl3N2O3. The Bertz CT molecular complexity index is 906. The molecule has 0 aromatic heterocycles. The second-order valence-corrected chi connectivity index (χ2v) is 8.92. The van der Waals surface area contributed by atoms with Gasteiger partial charge < -0.3 is 15.0 Å². The highest BCUT2D eigenvalue weighted by Gasteiger charge is 2.26. The Morgan fingerprint density at radius 1 is 1.03 bits per heavy atom. The van der Waals surface area contributed by atoms with E-state index < -0.39 is 6.04 Å². The quantitative estimate of drug-likeness (QED) is 0.378. The summed E-state index contributed by atoms with van der Waals surface area (Å²) in [7, 11) is 0. The predicted octanol–water partition coefficient (Wildman–Crippen LogP) is 6.14. The van der Waals surface area contributed by atoms with E-state index in [1.54, 1.807) is 54.3 Å². The lowest BCUT2D eigenvalue weighted by Crippen LogP contribution is -2.49. The molecule has 0 heterocycles. The third-order valence-corrected chi connectivity index (χ3v) is 6.11. The average Bonchev–Trinajstić information content (AvgIpc) is 2.77. The molecule has 0 aliphatic carbocycles. The first-order valence-electron chi connectivity index (χ1n) is 10.6. The number of hydrogen-bond acceptors (Lipinski definition) is 3. The average molecular weight is 500 g/mol. The Balaban J connectivity index is 2.04. The Hall–Kier alpha value is -1.95. The molecule has 5 nitrogen and oxygen atoms in total. The summed E-state index contributed by atoms with van der Waals surface area (Å²) >= 11 is 18.0. The van der Waals surface area contributed by atoms with E-state index in [0.29, 0.717) is 33.8 Å². The van der Waals surface area contributed by atoms with Gasteiger partial charge in [0.1, 0.15) is 11.8 Å². The minimum absolute atomic E-state index is 0.0275. The molecule has 0 radical (unpaired) electrons. The van der Waals surface area contributed by atoms with Gasteiger partial charge in [0.2, 0.25) is 11.8 Å². The van der Waals surface area contributed by atoms with Gasteiger partial charge >= 0.3 is 0 Å². The Morgan fingerprint density at radius 3 is 2.34 bits per heavy atom. The lowest BCUT2D eigenvalue weighted by atomic mass is 10.1. The molecule has 0 bridgehead atoms. The van der Waals surface area contributed by atoms with E-state index in [-0.39, 0.29) is 30.8 Å². The molecule has 0 spiro atoms. The van der Waals surface area contributed by atoms with E-state index in [2.05, 4.69) is 5.32 Å². The van der Waals surface area contributed by atoms with Crippen LogP contribution in [-0.4, -0.2) is 35.4 Å². The van der Waals surface area contributed by atoms with Crippen LogP contribution >= 0.6 is 34.8 Å². The molecule has 2 amide bonds. The van der Waals surface area contributed by atoms with Crippen molar-refractivity contribution in [2.45, 2.75) is 58.7 Å². The molecule has 32 heavy (non-hydrogen) atoms. The fraction of sp³-hybridized carbons (Fsp3) is 0.417. The predicted molar refractivity (Wildman–Crippen MR) is 131 cm³/mol. The number of benzene rings is 2. The summed E-state index contributed by atoms with van der Waals surface area (Å²) in [5.74, 6) is 0.364. The molecule has 0 saturated heterocycles. The van der Waals surface area contributed by atoms with Gasteiger partial charge in [-0.3, -0.25) is 9.59 Å². The van der Waals surface area contributed by atoms with Crippen LogP contribution in [0, 0.1) is 0 Å². The van der Waals surface area contributed by atoms with Crippen molar-refractivity contribution in [1.82, 2.24) is 10.2 Å². The second-order valence-electron chi connectivity index (χ2n) is 7.67. The molecule has 0 aliphatic rings. The highest BCUT2D eigenvalue weighted by atomic mass is 35.5. The maximum atomic E-state index is 13.1. The first-order chi connectivity index (χ1) is 15.2. The second kappa shape index (κ2) is 12.9. The van der Waals surface area contributed by atoms with Crippen molar-refractivity contribution in [2.75, 3.05) is 6.61 Å². The van der Waals surface area contributed by atoms with E-state index in [0.717, 1.165) is 12.0 Å². The van der Waals surface area contributed by atoms with Gasteiger partial charge in [-0.1, -0.05) is 47.8 Å². The number of carbonyl (C=O) groups excluding carboxylic acids is 2. The van der Waals surface area contributed by atoms with Gasteiger partial charge in [0.25, 0.3) is 0 Å². The molecule has 2 atom stereocenters. The van der Waals surface area contributed by atoms with Gasteiger partial charge in [0, 0.05) is 24.0 Å². The number of nitrogens with zero attached hydrogens (tertiary/aromatic N) is 1. The fourth-order valence-electron chi connectivity index (χ4n) is 2.97. The summed E-state index contributed by atoms with van der Waals surface area (Å²) in [6.45, 7) is 6.29. The number of ether oxygens (including phenoxy) is 1. The van der Waals surface area contributed by atoms with E-state index >= 15 is 0 Å². The Morgan fingerprint density at radius 2 is 1.72 bits per heavy atom. The van der Waals surface area contributed by atoms with Crippen LogP contribution < -0.4 is 10.1 Å². The van der Waals surface area contributed by atoms with Gasteiger partial charge in [-0.15, -0.1) is 0 Å². The molecule has 0 saturated carbocycles. The monoisotopic (exact) mass is 498 g/mol. The van der Waals surface area contributed by atoms with E-state index in [9.17, 15) is 9.59 Å². The molecule has 2 aromatic carbocycles. The Kier molecular flexibility index (Phi) is 10.6. The van der Waals surface area contributed by atoms with Gasteiger partial charge in [-0.2, -0.15) is 0 Å². The van der Waals surface area contributed by atoms with E-state index in [1.165, 1.54) is 0 Å². The topological polar surface area (TPSA) is 58.6 Å². The number of hydrogen-bond donors (Lipinski definition) is 1. The van der Waals surface area contributed by atoms with E-state index in [1.807, 2.05) is 13.8 Å². The third-order valence-electron chi connectivity index (χ3n) is 5.12. The normalized spacial score (nSPS) is 12.7. The largest absolute Gasteiger partial charge is 0.494 e. The zero-order valence-corrected chi connectivity index (χ0v) is 20.8. The van der Waals surface area contributed by atoms with Gasteiger partial charge in [-0.25, -0.2) is 0 Å². The molecule has 0 fully saturated rings. The zero-order valence-electron chi connectivity index (χ0n) is 18.5. The molecule has 8 heteroatoms. The maximum absolute atomic E-state index is 13.1. The smallest absolute Gasteiger partial charge is 0.242 e. The van der Waals surface area contributed by atoms with Crippen molar-refractivity contribution in [1.29, 1.82) is 0 Å². The van der Waals surface area contributed by atoms with Crippen molar-refractivity contribution >= 4 is 46.6 Å². The molecule has 0 aliphatic heterocycles. The number of rotatable bonds is 11. The number of amides is 2. The third kappa shape index (κ3) is 8.19. The minimum Gasteiger partial charge on any atom is -0.494 e. The molecule has 2 rings (SSSR count). The van der Waals surface area contributed by atoms with Crippen LogP contribution in [0.15, 0.2) is 42.5 Å². The highest BCUT2D eigenvalue weighted by Crippen LogP contribution is 2.24. The van der Waals surface area contributed by atoms with Gasteiger partial charge in [0.15, 0.2) is 0 Å². The Labute approximate surface area is 205 Å². The molecule has 1 N–H and O–H groups in total. The van der Waals surface area contributed by atoms with Crippen molar-refractivity contribution in [3.8, 4) is 5.75 Å². The first-order valence-corrected chi connectivity index (χ1v) is 11.8. The summed E-state index contributed by atoms with van der Waals surface area (Å²) in [4.78, 5) is 27.4. The summed E-state index contributed by atoms with van der Waals surface area (Å²) in [5.41, 5.74) is 0.799. The summed E-state index contributed by atoms with van der Waals surface area (Å²) in [6.07, 6.45) is 1.57. The zero-order chi connectivity index (χ0) is 23.7. The number of nitrogens with one attached hydrogen (secondary N) is 1. The van der Waals surface area contributed by atoms with Crippen molar-refractivity contribution in [2.24, 2.45) is 0 Å². The van der Waals surface area contributed by atoms with Crippen LogP contribution in [0.25, 0.3) is 0 Å². The lowest BCUT2D eigenvalue weighted by Gasteiger charge is -2.30. The highest BCUT2D eigenvalue weighted by molar-refractivity contribution is 6.42. The summed E-state index contributed by atoms with van der Waals surface area (Å²) in [6, 6.07) is 11.7. The lowest BCUT2D eigenvalue weighted by molar-refractivity contribution is -0.141. The van der Waals surface area contributed by atoms with Crippen molar-refractivity contribution in [3.05, 3.63) is 63.1 Å².